The van der Waals surface area contributed by atoms with Gasteiger partial charge in [0, 0.05) is 5.38 Å². The Hall–Kier alpha value is -1.63. The molecule has 0 saturated carbocycles. The van der Waals surface area contributed by atoms with Crippen molar-refractivity contribution in [2.24, 2.45) is 0 Å². The zero-order chi connectivity index (χ0) is 10.3. The smallest absolute Gasteiger partial charge is 0.322 e. The Kier molecular flexibility index (Phi) is 1.71. The number of nitrogen functional groups attached to an aromatic ring is 1. The predicted molar refractivity (Wildman–Crippen MR) is 50.6 cm³/mol. The summed E-state index contributed by atoms with van der Waals surface area (Å²) < 4.78 is 0. The van der Waals surface area contributed by atoms with Crippen LogP contribution in [0.2, 0.25) is 0 Å². The zero-order valence-corrected chi connectivity index (χ0v) is 8.14. The largest absolute Gasteiger partial charge is 0.375 e. The number of hydrogen-bond donors (Lipinski definition) is 3. The molecule has 2 heterocycles. The molecule has 2 rings (SSSR count). The lowest BCUT2D eigenvalue weighted by atomic mass is 10.00. The van der Waals surface area contributed by atoms with E-state index in [9.17, 15) is 9.59 Å². The zero-order valence-electron chi connectivity index (χ0n) is 7.33. The molecule has 0 bridgehead atoms. The van der Waals surface area contributed by atoms with E-state index in [0.717, 1.165) is 0 Å². The van der Waals surface area contributed by atoms with Gasteiger partial charge in [-0.2, -0.15) is 0 Å². The van der Waals surface area contributed by atoms with Crippen molar-refractivity contribution >= 4 is 28.4 Å². The fraction of sp³-hybridized carbons (Fsp3) is 0.286. The number of carbonyl (C=O) groups excluding carboxylic acids is 2. The molecule has 1 unspecified atom stereocenters. The quantitative estimate of drug-likeness (QED) is 0.560. The van der Waals surface area contributed by atoms with Gasteiger partial charge in [0.1, 0.15) is 0 Å². The number of nitrogens with two attached hydrogens (primary N) is 1. The molecule has 1 aliphatic heterocycles. The van der Waals surface area contributed by atoms with E-state index in [4.69, 9.17) is 5.73 Å². The van der Waals surface area contributed by atoms with Crippen LogP contribution < -0.4 is 16.4 Å². The lowest BCUT2D eigenvalue weighted by Crippen LogP contribution is -2.40. The number of anilines is 1. The van der Waals surface area contributed by atoms with Gasteiger partial charge in [-0.25, -0.2) is 9.78 Å². The maximum absolute atomic E-state index is 11.4. The third-order valence-electron chi connectivity index (χ3n) is 2.08. The summed E-state index contributed by atoms with van der Waals surface area (Å²) in [5, 5.41) is 6.67. The SMILES string of the molecule is CC1(c2csc(N)n2)NC(=O)NC1=O. The third-order valence-corrected chi connectivity index (χ3v) is 2.75. The number of aromatic nitrogens is 1. The molecule has 4 N–H and O–H groups in total. The van der Waals surface area contributed by atoms with Crippen LogP contribution in [0.3, 0.4) is 0 Å². The number of amides is 3. The molecule has 6 nitrogen and oxygen atoms in total. The van der Waals surface area contributed by atoms with Gasteiger partial charge < -0.3 is 11.1 Å². The first-order valence-electron chi connectivity index (χ1n) is 3.87. The maximum atomic E-state index is 11.4. The monoisotopic (exact) mass is 212 g/mol. The van der Waals surface area contributed by atoms with Crippen LogP contribution in [0.5, 0.6) is 0 Å². The Balaban J connectivity index is 2.42. The van der Waals surface area contributed by atoms with Gasteiger partial charge in [0.05, 0.1) is 5.69 Å². The van der Waals surface area contributed by atoms with Gasteiger partial charge in [-0.15, -0.1) is 11.3 Å². The summed E-state index contributed by atoms with van der Waals surface area (Å²) in [7, 11) is 0. The van der Waals surface area contributed by atoms with Gasteiger partial charge in [0.25, 0.3) is 5.91 Å². The summed E-state index contributed by atoms with van der Waals surface area (Å²) in [6.07, 6.45) is 0. The molecular formula is C7H8N4O2S. The number of hydrogen-bond acceptors (Lipinski definition) is 5. The minimum absolute atomic E-state index is 0.371. The van der Waals surface area contributed by atoms with Gasteiger partial charge in [-0.3, -0.25) is 10.1 Å². The molecule has 7 heteroatoms. The molecule has 0 aliphatic carbocycles. The molecule has 1 aromatic heterocycles. The average molecular weight is 212 g/mol. The molecular weight excluding hydrogens is 204 g/mol. The highest BCUT2D eigenvalue weighted by Crippen LogP contribution is 2.26. The van der Waals surface area contributed by atoms with Crippen molar-refractivity contribution in [2.75, 3.05) is 5.73 Å². The number of nitrogens with one attached hydrogen (secondary N) is 2. The highest BCUT2D eigenvalue weighted by molar-refractivity contribution is 7.13. The molecule has 0 aromatic carbocycles. The summed E-state index contributed by atoms with van der Waals surface area (Å²) in [5.41, 5.74) is 4.82. The van der Waals surface area contributed by atoms with Gasteiger partial charge >= 0.3 is 6.03 Å². The van der Waals surface area contributed by atoms with Gasteiger partial charge in [-0.1, -0.05) is 0 Å². The number of carbonyl (C=O) groups is 2. The van der Waals surface area contributed by atoms with Crippen molar-refractivity contribution in [3.05, 3.63) is 11.1 Å². The fourth-order valence-electron chi connectivity index (χ4n) is 1.24. The lowest BCUT2D eigenvalue weighted by Gasteiger charge is -2.17. The van der Waals surface area contributed by atoms with Gasteiger partial charge in [0.15, 0.2) is 10.7 Å². The molecule has 1 atom stereocenters. The van der Waals surface area contributed by atoms with Crippen molar-refractivity contribution in [1.82, 2.24) is 15.6 Å². The van der Waals surface area contributed by atoms with E-state index < -0.39 is 17.5 Å². The maximum Gasteiger partial charge on any atom is 0.322 e. The highest BCUT2D eigenvalue weighted by Gasteiger charge is 2.45. The minimum Gasteiger partial charge on any atom is -0.375 e. The van der Waals surface area contributed by atoms with Crippen molar-refractivity contribution in [3.63, 3.8) is 0 Å². The number of thiazole rings is 1. The number of nitrogens with zero attached hydrogens (tertiary/aromatic N) is 1. The first kappa shape index (κ1) is 8.95. The van der Waals surface area contributed by atoms with E-state index in [-0.39, 0.29) is 0 Å². The molecule has 74 valence electrons. The Morgan fingerprint density at radius 3 is 2.71 bits per heavy atom. The van der Waals surface area contributed by atoms with E-state index in [1.54, 1.807) is 12.3 Å². The van der Waals surface area contributed by atoms with Crippen LogP contribution in [-0.4, -0.2) is 16.9 Å². The topological polar surface area (TPSA) is 97.1 Å². The molecule has 1 fully saturated rings. The molecule has 1 aliphatic rings. The minimum atomic E-state index is -1.09. The van der Waals surface area contributed by atoms with Gasteiger partial charge in [0.2, 0.25) is 0 Å². The Morgan fingerprint density at radius 2 is 2.29 bits per heavy atom. The van der Waals surface area contributed by atoms with Crippen molar-refractivity contribution < 1.29 is 9.59 Å². The second-order valence-corrected chi connectivity index (χ2v) is 3.99. The summed E-state index contributed by atoms with van der Waals surface area (Å²) >= 11 is 1.23. The second-order valence-electron chi connectivity index (χ2n) is 3.10. The molecule has 1 saturated heterocycles. The van der Waals surface area contributed by atoms with Crippen LogP contribution in [0.15, 0.2) is 5.38 Å². The molecule has 0 radical (unpaired) electrons. The predicted octanol–water partition coefficient (Wildman–Crippen LogP) is -0.220. The van der Waals surface area contributed by atoms with E-state index >= 15 is 0 Å². The van der Waals surface area contributed by atoms with Crippen LogP contribution in [0, 0.1) is 0 Å². The van der Waals surface area contributed by atoms with Crippen LogP contribution >= 0.6 is 11.3 Å². The number of rotatable bonds is 1. The molecule has 3 amide bonds. The number of imide groups is 1. The van der Waals surface area contributed by atoms with Crippen molar-refractivity contribution in [2.45, 2.75) is 12.5 Å². The summed E-state index contributed by atoms with van der Waals surface area (Å²) in [4.78, 5) is 26.4. The van der Waals surface area contributed by atoms with Crippen LogP contribution in [0.4, 0.5) is 9.93 Å². The fourth-order valence-corrected chi connectivity index (χ4v) is 1.91. The Labute approximate surface area is 83.5 Å². The normalized spacial score (nSPS) is 26.1. The Bertz CT molecular complexity index is 416. The van der Waals surface area contributed by atoms with E-state index in [1.165, 1.54) is 11.3 Å². The van der Waals surface area contributed by atoms with E-state index in [0.29, 0.717) is 10.8 Å². The standard InChI is InChI=1S/C7H8N4O2S/c1-7(3-2-14-5(8)9-3)4(12)10-6(13)11-7/h2H,1H3,(H2,8,9)(H2,10,11,12,13). The second kappa shape index (κ2) is 2.68. The number of urea groups is 1. The van der Waals surface area contributed by atoms with E-state index in [1.807, 2.05) is 0 Å². The molecule has 14 heavy (non-hydrogen) atoms. The highest BCUT2D eigenvalue weighted by atomic mass is 32.1. The average Bonchev–Trinajstić information content (AvgIpc) is 2.59. The summed E-state index contributed by atoms with van der Waals surface area (Å²) in [5.74, 6) is -0.409. The summed E-state index contributed by atoms with van der Waals surface area (Å²) in [6.45, 7) is 1.59. The first-order chi connectivity index (χ1) is 6.52. The van der Waals surface area contributed by atoms with Crippen molar-refractivity contribution in [1.29, 1.82) is 0 Å². The molecule has 1 aromatic rings. The van der Waals surface area contributed by atoms with Gasteiger partial charge in [-0.05, 0) is 6.92 Å². The van der Waals surface area contributed by atoms with E-state index in [2.05, 4.69) is 15.6 Å². The van der Waals surface area contributed by atoms with Crippen LogP contribution in [-0.2, 0) is 10.3 Å². The first-order valence-corrected chi connectivity index (χ1v) is 4.75. The van der Waals surface area contributed by atoms with Crippen LogP contribution in [0.1, 0.15) is 12.6 Å². The molecule has 0 spiro atoms. The lowest BCUT2D eigenvalue weighted by molar-refractivity contribution is -0.123. The van der Waals surface area contributed by atoms with Crippen molar-refractivity contribution in [3.8, 4) is 0 Å². The third kappa shape index (κ3) is 1.13. The summed E-state index contributed by atoms with van der Waals surface area (Å²) in [6, 6.07) is -0.510. The Morgan fingerprint density at radius 1 is 1.57 bits per heavy atom. The van der Waals surface area contributed by atoms with Crippen LogP contribution in [0.25, 0.3) is 0 Å².